The largest absolute Gasteiger partial charge is 0.469 e. The van der Waals surface area contributed by atoms with Crippen LogP contribution in [-0.4, -0.2) is 62.8 Å². The third-order valence-electron chi connectivity index (χ3n) is 3.16. The SMILES string of the molecule is C=CCNC(=O)CN(CCC(=O)OC)CC1CCCO1. The molecule has 0 bridgehead atoms. The standard InChI is InChI=1S/C14H24N2O4/c1-3-7-15-13(17)11-16(8-6-14(18)19-2)10-12-5-4-9-20-12/h3,12H,1,4-11H2,2H3,(H,15,17). The smallest absolute Gasteiger partial charge is 0.306 e. The summed E-state index contributed by atoms with van der Waals surface area (Å²) in [7, 11) is 1.36. The van der Waals surface area contributed by atoms with Crippen molar-refractivity contribution in [1.82, 2.24) is 10.2 Å². The highest BCUT2D eigenvalue weighted by Crippen LogP contribution is 2.13. The topological polar surface area (TPSA) is 67.9 Å². The Labute approximate surface area is 120 Å². The molecule has 6 heteroatoms. The average Bonchev–Trinajstić information content (AvgIpc) is 2.95. The van der Waals surface area contributed by atoms with Crippen LogP contribution < -0.4 is 5.32 Å². The molecule has 1 unspecified atom stereocenters. The quantitative estimate of drug-likeness (QED) is 0.488. The van der Waals surface area contributed by atoms with E-state index in [0.717, 1.165) is 19.4 Å². The molecular weight excluding hydrogens is 260 g/mol. The van der Waals surface area contributed by atoms with Crippen LogP contribution in [0.1, 0.15) is 19.3 Å². The summed E-state index contributed by atoms with van der Waals surface area (Å²) in [6.45, 7) is 6.19. The van der Waals surface area contributed by atoms with Crippen molar-refractivity contribution in [2.24, 2.45) is 0 Å². The Morgan fingerprint density at radius 3 is 2.95 bits per heavy atom. The van der Waals surface area contributed by atoms with Crippen LogP contribution in [0.2, 0.25) is 0 Å². The average molecular weight is 284 g/mol. The number of nitrogens with one attached hydrogen (secondary N) is 1. The summed E-state index contributed by atoms with van der Waals surface area (Å²) in [6.07, 6.45) is 4.12. The molecule has 0 aliphatic carbocycles. The van der Waals surface area contributed by atoms with Crippen LogP contribution in [-0.2, 0) is 19.1 Å². The van der Waals surface area contributed by atoms with Gasteiger partial charge in [-0.05, 0) is 12.8 Å². The Bertz CT molecular complexity index is 327. The van der Waals surface area contributed by atoms with E-state index < -0.39 is 0 Å². The fourth-order valence-electron chi connectivity index (χ4n) is 2.11. The normalized spacial score (nSPS) is 18.0. The summed E-state index contributed by atoms with van der Waals surface area (Å²) >= 11 is 0. The number of hydrogen-bond acceptors (Lipinski definition) is 5. The maximum atomic E-state index is 11.7. The highest BCUT2D eigenvalue weighted by molar-refractivity contribution is 5.78. The fourth-order valence-corrected chi connectivity index (χ4v) is 2.11. The molecule has 0 saturated carbocycles. The van der Waals surface area contributed by atoms with Gasteiger partial charge < -0.3 is 14.8 Å². The molecule has 114 valence electrons. The summed E-state index contributed by atoms with van der Waals surface area (Å²) in [6, 6.07) is 0. The first-order valence-corrected chi connectivity index (χ1v) is 6.94. The van der Waals surface area contributed by atoms with E-state index in [2.05, 4.69) is 16.6 Å². The maximum absolute atomic E-state index is 11.7. The Kier molecular flexibility index (Phi) is 7.91. The molecule has 6 nitrogen and oxygen atoms in total. The van der Waals surface area contributed by atoms with E-state index >= 15 is 0 Å². The van der Waals surface area contributed by atoms with Crippen molar-refractivity contribution in [2.45, 2.75) is 25.4 Å². The molecule has 0 radical (unpaired) electrons. The van der Waals surface area contributed by atoms with Gasteiger partial charge in [-0.25, -0.2) is 0 Å². The van der Waals surface area contributed by atoms with Crippen molar-refractivity contribution < 1.29 is 19.1 Å². The molecule has 1 heterocycles. The van der Waals surface area contributed by atoms with Gasteiger partial charge in [0.15, 0.2) is 0 Å². The van der Waals surface area contributed by atoms with Crippen molar-refractivity contribution in [3.8, 4) is 0 Å². The summed E-state index contributed by atoms with van der Waals surface area (Å²) in [5.74, 6) is -0.346. The van der Waals surface area contributed by atoms with E-state index in [-0.39, 0.29) is 30.9 Å². The summed E-state index contributed by atoms with van der Waals surface area (Å²) in [4.78, 5) is 24.9. The molecule has 0 aromatic carbocycles. The minimum Gasteiger partial charge on any atom is -0.469 e. The van der Waals surface area contributed by atoms with E-state index in [1.807, 2.05) is 4.90 Å². The van der Waals surface area contributed by atoms with Gasteiger partial charge in [-0.3, -0.25) is 14.5 Å². The first-order valence-electron chi connectivity index (χ1n) is 6.94. The third kappa shape index (κ3) is 6.68. The van der Waals surface area contributed by atoms with Gasteiger partial charge in [0.1, 0.15) is 0 Å². The Balaban J connectivity index is 2.41. The molecule has 20 heavy (non-hydrogen) atoms. The van der Waals surface area contributed by atoms with Crippen molar-refractivity contribution in [2.75, 3.05) is 39.9 Å². The zero-order valence-corrected chi connectivity index (χ0v) is 12.1. The summed E-state index contributed by atoms with van der Waals surface area (Å²) in [5, 5.41) is 2.73. The summed E-state index contributed by atoms with van der Waals surface area (Å²) in [5.41, 5.74) is 0. The molecule has 0 spiro atoms. The third-order valence-corrected chi connectivity index (χ3v) is 3.16. The number of ether oxygens (including phenoxy) is 2. The van der Waals surface area contributed by atoms with Crippen molar-refractivity contribution >= 4 is 11.9 Å². The van der Waals surface area contributed by atoms with Gasteiger partial charge in [0, 0.05) is 26.2 Å². The lowest BCUT2D eigenvalue weighted by Gasteiger charge is -2.24. The Morgan fingerprint density at radius 2 is 2.35 bits per heavy atom. The van der Waals surface area contributed by atoms with Crippen LogP contribution in [0, 0.1) is 0 Å². The molecular formula is C14H24N2O4. The van der Waals surface area contributed by atoms with Gasteiger partial charge in [-0.1, -0.05) is 6.08 Å². The maximum Gasteiger partial charge on any atom is 0.306 e. The number of rotatable bonds is 9. The van der Waals surface area contributed by atoms with E-state index in [4.69, 9.17) is 4.74 Å². The van der Waals surface area contributed by atoms with E-state index in [1.165, 1.54) is 7.11 Å². The highest BCUT2D eigenvalue weighted by atomic mass is 16.5. The van der Waals surface area contributed by atoms with Crippen LogP contribution in [0.25, 0.3) is 0 Å². The lowest BCUT2D eigenvalue weighted by Crippen LogP contribution is -2.41. The van der Waals surface area contributed by atoms with Gasteiger partial charge in [-0.15, -0.1) is 6.58 Å². The molecule has 1 atom stereocenters. The lowest BCUT2D eigenvalue weighted by molar-refractivity contribution is -0.141. The fraction of sp³-hybridized carbons (Fsp3) is 0.714. The Morgan fingerprint density at radius 1 is 1.55 bits per heavy atom. The van der Waals surface area contributed by atoms with Crippen molar-refractivity contribution in [1.29, 1.82) is 0 Å². The zero-order chi connectivity index (χ0) is 14.8. The molecule has 0 aromatic heterocycles. The first-order chi connectivity index (χ1) is 9.65. The number of amides is 1. The van der Waals surface area contributed by atoms with Crippen LogP contribution in [0.5, 0.6) is 0 Å². The van der Waals surface area contributed by atoms with Crippen molar-refractivity contribution in [3.05, 3.63) is 12.7 Å². The van der Waals surface area contributed by atoms with Crippen LogP contribution in [0.4, 0.5) is 0 Å². The first kappa shape index (κ1) is 16.7. The monoisotopic (exact) mass is 284 g/mol. The second kappa shape index (κ2) is 9.50. The molecule has 0 aromatic rings. The molecule has 1 N–H and O–H groups in total. The van der Waals surface area contributed by atoms with Gasteiger partial charge in [0.05, 0.1) is 26.2 Å². The molecule has 1 aliphatic heterocycles. The molecule has 1 aliphatic rings. The van der Waals surface area contributed by atoms with Gasteiger partial charge in [0.25, 0.3) is 0 Å². The van der Waals surface area contributed by atoms with Crippen molar-refractivity contribution in [3.63, 3.8) is 0 Å². The molecule has 1 saturated heterocycles. The molecule has 1 rings (SSSR count). The summed E-state index contributed by atoms with van der Waals surface area (Å²) < 4.78 is 10.2. The second-order valence-corrected chi connectivity index (χ2v) is 4.79. The van der Waals surface area contributed by atoms with Gasteiger partial charge >= 0.3 is 5.97 Å². The van der Waals surface area contributed by atoms with E-state index in [9.17, 15) is 9.59 Å². The lowest BCUT2D eigenvalue weighted by atomic mass is 10.2. The number of esters is 1. The predicted molar refractivity (Wildman–Crippen MR) is 75.3 cm³/mol. The minimum atomic E-state index is -0.270. The Hall–Kier alpha value is -1.40. The van der Waals surface area contributed by atoms with Crippen LogP contribution >= 0.6 is 0 Å². The van der Waals surface area contributed by atoms with Gasteiger partial charge in [-0.2, -0.15) is 0 Å². The van der Waals surface area contributed by atoms with E-state index in [0.29, 0.717) is 19.6 Å². The number of hydrogen-bond donors (Lipinski definition) is 1. The number of methoxy groups -OCH3 is 1. The number of carbonyl (C=O) groups excluding carboxylic acids is 2. The predicted octanol–water partition coefficient (Wildman–Crippen LogP) is 0.333. The number of nitrogens with zero attached hydrogens (tertiary/aromatic N) is 1. The second-order valence-electron chi connectivity index (χ2n) is 4.79. The van der Waals surface area contributed by atoms with Gasteiger partial charge in [0.2, 0.25) is 5.91 Å². The molecule has 1 fully saturated rings. The minimum absolute atomic E-state index is 0.0761. The molecule has 1 amide bonds. The van der Waals surface area contributed by atoms with Crippen LogP contribution in [0.15, 0.2) is 12.7 Å². The van der Waals surface area contributed by atoms with Crippen LogP contribution in [0.3, 0.4) is 0 Å². The highest BCUT2D eigenvalue weighted by Gasteiger charge is 2.21. The van der Waals surface area contributed by atoms with E-state index in [1.54, 1.807) is 6.08 Å². The number of carbonyl (C=O) groups is 2. The zero-order valence-electron chi connectivity index (χ0n) is 12.1.